The van der Waals surface area contributed by atoms with Gasteiger partial charge in [0.1, 0.15) is 4.87 Å². The third-order valence-electron chi connectivity index (χ3n) is 2.41. The van der Waals surface area contributed by atoms with Gasteiger partial charge < -0.3 is 4.74 Å². The van der Waals surface area contributed by atoms with Gasteiger partial charge in [0.05, 0.1) is 13.2 Å². The third kappa shape index (κ3) is 2.49. The molecule has 1 aromatic carbocycles. The fourth-order valence-electron chi connectivity index (χ4n) is 1.55. The number of thioether (sulfide) groups is 1. The van der Waals surface area contributed by atoms with Gasteiger partial charge in [-0.15, -0.1) is 23.4 Å². The molecule has 3 heteroatoms. The summed E-state index contributed by atoms with van der Waals surface area (Å²) < 4.78 is 5.15. The Morgan fingerprint density at radius 3 is 2.27 bits per heavy atom. The van der Waals surface area contributed by atoms with E-state index in [9.17, 15) is 0 Å². The Morgan fingerprint density at radius 1 is 1.27 bits per heavy atom. The molecule has 1 heterocycles. The summed E-state index contributed by atoms with van der Waals surface area (Å²) in [5.41, 5.74) is 1.17. The van der Waals surface area contributed by atoms with Crippen molar-refractivity contribution in [2.24, 2.45) is 0 Å². The summed E-state index contributed by atoms with van der Waals surface area (Å²) in [6, 6.07) is 8.51. The van der Waals surface area contributed by atoms with Crippen LogP contribution in [-0.2, 0) is 9.61 Å². The van der Waals surface area contributed by atoms with Crippen LogP contribution in [-0.4, -0.2) is 18.5 Å². The zero-order chi connectivity index (χ0) is 10.9. The fraction of sp³-hybridized carbons (Fsp3) is 0.500. The van der Waals surface area contributed by atoms with Gasteiger partial charge in [-0.2, -0.15) is 0 Å². The molecule has 0 saturated carbocycles. The van der Waals surface area contributed by atoms with E-state index >= 15 is 0 Å². The molecule has 0 aliphatic carbocycles. The maximum absolute atomic E-state index is 6.36. The van der Waals surface area contributed by atoms with Crippen LogP contribution >= 0.6 is 23.4 Å². The highest BCUT2D eigenvalue weighted by Gasteiger charge is 2.37. The van der Waals surface area contributed by atoms with Crippen molar-refractivity contribution in [2.45, 2.75) is 28.9 Å². The van der Waals surface area contributed by atoms with Crippen LogP contribution in [0.5, 0.6) is 0 Å². The van der Waals surface area contributed by atoms with E-state index in [1.54, 1.807) is 0 Å². The second-order valence-corrected chi connectivity index (χ2v) is 6.52. The van der Waals surface area contributed by atoms with Crippen LogP contribution < -0.4 is 0 Å². The number of hydrogen-bond acceptors (Lipinski definition) is 2. The van der Waals surface area contributed by atoms with Crippen molar-refractivity contribution in [2.75, 3.05) is 13.2 Å². The molecule has 1 aliphatic rings. The van der Waals surface area contributed by atoms with E-state index in [0.717, 1.165) is 0 Å². The van der Waals surface area contributed by atoms with E-state index in [0.29, 0.717) is 18.5 Å². The van der Waals surface area contributed by atoms with Crippen LogP contribution in [0.25, 0.3) is 0 Å². The molecule has 1 nitrogen and oxygen atoms in total. The molecule has 0 bridgehead atoms. The fourth-order valence-corrected chi connectivity index (χ4v) is 2.67. The normalized spacial score (nSPS) is 18.9. The lowest BCUT2D eigenvalue weighted by Gasteiger charge is -2.35. The molecule has 2 rings (SSSR count). The highest BCUT2D eigenvalue weighted by molar-refractivity contribution is 7.99. The molecule has 82 valence electrons. The van der Waals surface area contributed by atoms with E-state index < -0.39 is 0 Å². The van der Waals surface area contributed by atoms with Crippen molar-refractivity contribution in [1.29, 1.82) is 0 Å². The number of benzene rings is 1. The number of rotatable bonds is 3. The van der Waals surface area contributed by atoms with Crippen molar-refractivity contribution >= 4 is 23.4 Å². The SMILES string of the molecule is CC(C)Sc1ccc(C2(Cl)COC2)cc1. The van der Waals surface area contributed by atoms with E-state index in [2.05, 4.69) is 38.1 Å². The minimum absolute atomic E-state index is 0.263. The Kier molecular flexibility index (Phi) is 3.29. The monoisotopic (exact) mass is 242 g/mol. The van der Waals surface area contributed by atoms with E-state index in [4.69, 9.17) is 16.3 Å². The molecule has 0 aromatic heterocycles. The van der Waals surface area contributed by atoms with Crippen molar-refractivity contribution in [3.63, 3.8) is 0 Å². The second kappa shape index (κ2) is 4.36. The minimum atomic E-state index is -0.263. The molecule has 15 heavy (non-hydrogen) atoms. The Balaban J connectivity index is 2.10. The molecule has 1 aliphatic heterocycles. The minimum Gasteiger partial charge on any atom is -0.377 e. The van der Waals surface area contributed by atoms with Gasteiger partial charge in [0, 0.05) is 10.1 Å². The van der Waals surface area contributed by atoms with E-state index in [1.807, 2.05) is 11.8 Å². The number of ether oxygens (including phenoxy) is 1. The Bertz CT molecular complexity index is 330. The zero-order valence-electron chi connectivity index (χ0n) is 9.00. The second-order valence-electron chi connectivity index (χ2n) is 4.15. The number of alkyl halides is 1. The van der Waals surface area contributed by atoms with Crippen molar-refractivity contribution in [3.8, 4) is 0 Å². The van der Waals surface area contributed by atoms with Gasteiger partial charge in [-0.05, 0) is 17.7 Å². The lowest BCUT2D eigenvalue weighted by Crippen LogP contribution is -2.41. The van der Waals surface area contributed by atoms with Crippen LogP contribution in [0.3, 0.4) is 0 Å². The molecule has 0 N–H and O–H groups in total. The Morgan fingerprint density at radius 2 is 1.87 bits per heavy atom. The van der Waals surface area contributed by atoms with Gasteiger partial charge >= 0.3 is 0 Å². The predicted octanol–water partition coefficient (Wildman–Crippen LogP) is 3.65. The highest BCUT2D eigenvalue weighted by atomic mass is 35.5. The van der Waals surface area contributed by atoms with Crippen molar-refractivity contribution in [1.82, 2.24) is 0 Å². The molecule has 0 unspecified atom stereocenters. The summed E-state index contributed by atoms with van der Waals surface area (Å²) in [6.45, 7) is 5.65. The van der Waals surface area contributed by atoms with Gasteiger partial charge in [-0.1, -0.05) is 26.0 Å². The average molecular weight is 243 g/mol. The Labute approximate surface area is 100 Å². The van der Waals surface area contributed by atoms with Crippen LogP contribution in [0, 0.1) is 0 Å². The molecule has 1 aromatic rings. The van der Waals surface area contributed by atoms with Gasteiger partial charge in [-0.25, -0.2) is 0 Å². The van der Waals surface area contributed by atoms with Crippen LogP contribution in [0.1, 0.15) is 19.4 Å². The summed E-state index contributed by atoms with van der Waals surface area (Å²) in [5, 5.41) is 0.618. The lowest BCUT2D eigenvalue weighted by molar-refractivity contribution is -0.0152. The maximum atomic E-state index is 6.36. The summed E-state index contributed by atoms with van der Waals surface area (Å²) in [5.74, 6) is 0. The molecule has 1 fully saturated rings. The predicted molar refractivity (Wildman–Crippen MR) is 65.8 cm³/mol. The largest absolute Gasteiger partial charge is 0.377 e. The molecule has 1 saturated heterocycles. The number of hydrogen-bond donors (Lipinski definition) is 0. The third-order valence-corrected chi connectivity index (χ3v) is 3.86. The molecule has 0 spiro atoms. The highest BCUT2D eigenvalue weighted by Crippen LogP contribution is 2.37. The number of halogens is 1. The molecule has 0 radical (unpaired) electrons. The molecule has 0 atom stereocenters. The standard InChI is InChI=1S/C12H15ClOS/c1-9(2)15-11-5-3-10(4-6-11)12(13)7-14-8-12/h3-6,9H,7-8H2,1-2H3. The van der Waals surface area contributed by atoms with Crippen LogP contribution in [0.4, 0.5) is 0 Å². The van der Waals surface area contributed by atoms with Gasteiger partial charge in [0.2, 0.25) is 0 Å². The maximum Gasteiger partial charge on any atom is 0.116 e. The van der Waals surface area contributed by atoms with Crippen LogP contribution in [0.15, 0.2) is 29.2 Å². The molecular weight excluding hydrogens is 228 g/mol. The van der Waals surface area contributed by atoms with Crippen LogP contribution in [0.2, 0.25) is 0 Å². The summed E-state index contributed by atoms with van der Waals surface area (Å²) >= 11 is 8.23. The summed E-state index contributed by atoms with van der Waals surface area (Å²) in [7, 11) is 0. The smallest absolute Gasteiger partial charge is 0.116 e. The van der Waals surface area contributed by atoms with E-state index in [-0.39, 0.29) is 4.87 Å². The first kappa shape index (κ1) is 11.3. The van der Waals surface area contributed by atoms with Crippen molar-refractivity contribution < 1.29 is 4.74 Å². The zero-order valence-corrected chi connectivity index (χ0v) is 10.6. The Hall–Kier alpha value is -0.180. The first-order valence-corrected chi connectivity index (χ1v) is 6.40. The first-order valence-electron chi connectivity index (χ1n) is 5.14. The topological polar surface area (TPSA) is 9.23 Å². The quantitative estimate of drug-likeness (QED) is 0.591. The first-order chi connectivity index (χ1) is 7.10. The summed E-state index contributed by atoms with van der Waals surface area (Å²) in [6.07, 6.45) is 0. The van der Waals surface area contributed by atoms with E-state index in [1.165, 1.54) is 10.5 Å². The van der Waals surface area contributed by atoms with Crippen molar-refractivity contribution in [3.05, 3.63) is 29.8 Å². The van der Waals surface area contributed by atoms with Gasteiger partial charge in [0.25, 0.3) is 0 Å². The average Bonchev–Trinajstić information content (AvgIpc) is 2.14. The summed E-state index contributed by atoms with van der Waals surface area (Å²) in [4.78, 5) is 1.04. The molecular formula is C12H15ClOS. The van der Waals surface area contributed by atoms with Gasteiger partial charge in [-0.3, -0.25) is 0 Å². The molecule has 0 amide bonds. The van der Waals surface area contributed by atoms with Gasteiger partial charge in [0.15, 0.2) is 0 Å². The lowest BCUT2D eigenvalue weighted by atomic mass is 9.97.